The first-order valence-electron chi connectivity index (χ1n) is 6.69. The van der Waals surface area contributed by atoms with E-state index in [2.05, 4.69) is 31.7 Å². The summed E-state index contributed by atoms with van der Waals surface area (Å²) >= 11 is 0. The van der Waals surface area contributed by atoms with E-state index in [0.717, 1.165) is 24.1 Å². The first-order chi connectivity index (χ1) is 8.15. The molecule has 3 nitrogen and oxygen atoms in total. The van der Waals surface area contributed by atoms with Gasteiger partial charge in [-0.2, -0.15) is 0 Å². The molecular formula is C14H24N2O. The molecular weight excluding hydrogens is 212 g/mol. The first-order valence-corrected chi connectivity index (χ1v) is 6.69. The molecule has 2 rings (SSSR count). The predicted molar refractivity (Wildman–Crippen MR) is 69.7 cm³/mol. The third kappa shape index (κ3) is 2.55. The van der Waals surface area contributed by atoms with E-state index in [1.807, 2.05) is 0 Å². The lowest BCUT2D eigenvalue weighted by molar-refractivity contribution is 0.174. The van der Waals surface area contributed by atoms with Gasteiger partial charge in [-0.15, -0.1) is 0 Å². The summed E-state index contributed by atoms with van der Waals surface area (Å²) in [5.74, 6) is 2.00. The molecule has 0 bridgehead atoms. The summed E-state index contributed by atoms with van der Waals surface area (Å²) < 4.78 is 5.80. The van der Waals surface area contributed by atoms with Crippen molar-refractivity contribution < 1.29 is 4.42 Å². The third-order valence-electron chi connectivity index (χ3n) is 4.02. The van der Waals surface area contributed by atoms with Gasteiger partial charge in [0.25, 0.3) is 0 Å². The van der Waals surface area contributed by atoms with Gasteiger partial charge >= 0.3 is 0 Å². The number of hydrogen-bond donors (Lipinski definition) is 1. The fraction of sp³-hybridized carbons (Fsp3) is 0.714. The third-order valence-corrected chi connectivity index (χ3v) is 4.02. The summed E-state index contributed by atoms with van der Waals surface area (Å²) in [7, 11) is 0. The smallest absolute Gasteiger partial charge is 0.120 e. The first kappa shape index (κ1) is 12.7. The lowest BCUT2D eigenvalue weighted by Crippen LogP contribution is -2.33. The van der Waals surface area contributed by atoms with Gasteiger partial charge in [-0.05, 0) is 44.7 Å². The second kappa shape index (κ2) is 5.23. The molecule has 1 aromatic heterocycles. The molecule has 1 aliphatic rings. The Morgan fingerprint density at radius 3 is 2.82 bits per heavy atom. The number of hydrogen-bond acceptors (Lipinski definition) is 3. The van der Waals surface area contributed by atoms with Crippen molar-refractivity contribution in [3.63, 3.8) is 0 Å². The average molecular weight is 236 g/mol. The van der Waals surface area contributed by atoms with Crippen molar-refractivity contribution in [2.45, 2.75) is 65.2 Å². The molecule has 1 fully saturated rings. The van der Waals surface area contributed by atoms with Gasteiger partial charge in [0.05, 0.1) is 13.1 Å². The maximum Gasteiger partial charge on any atom is 0.120 e. The van der Waals surface area contributed by atoms with Crippen molar-refractivity contribution >= 4 is 0 Å². The highest BCUT2D eigenvalue weighted by Gasteiger charge is 2.29. The van der Waals surface area contributed by atoms with Crippen molar-refractivity contribution in [3.8, 4) is 0 Å². The lowest BCUT2D eigenvalue weighted by Gasteiger charge is -2.26. The Morgan fingerprint density at radius 2 is 2.24 bits per heavy atom. The Kier molecular flexibility index (Phi) is 3.89. The predicted octanol–water partition coefficient (Wildman–Crippen LogP) is 2.81. The Balaban J connectivity index is 2.08. The van der Waals surface area contributed by atoms with Gasteiger partial charge in [0.1, 0.15) is 11.5 Å². The number of rotatable bonds is 4. The zero-order chi connectivity index (χ0) is 12.4. The normalized spacial score (nSPS) is 25.6. The molecule has 1 aromatic rings. The Labute approximate surface area is 104 Å². The molecule has 17 heavy (non-hydrogen) atoms. The van der Waals surface area contributed by atoms with Crippen molar-refractivity contribution in [1.82, 2.24) is 4.90 Å². The van der Waals surface area contributed by atoms with Crippen LogP contribution in [0.4, 0.5) is 0 Å². The Bertz CT molecular complexity index is 372. The van der Waals surface area contributed by atoms with Gasteiger partial charge in [0, 0.05) is 12.1 Å². The standard InChI is InChI=1S/C14H24N2O/c1-4-12-6-5-11(3)16(12)9-13-7-10(2)14(8-15)17-13/h7,11-12H,4-6,8-9,15H2,1-3H3. The van der Waals surface area contributed by atoms with Crippen LogP contribution < -0.4 is 5.73 Å². The molecule has 1 saturated heterocycles. The summed E-state index contributed by atoms with van der Waals surface area (Å²) in [4.78, 5) is 2.57. The van der Waals surface area contributed by atoms with Gasteiger partial charge in [-0.3, -0.25) is 4.90 Å². The molecule has 96 valence electrons. The molecule has 0 saturated carbocycles. The molecule has 0 aromatic carbocycles. The van der Waals surface area contributed by atoms with Crippen molar-refractivity contribution in [1.29, 1.82) is 0 Å². The molecule has 0 spiro atoms. The molecule has 3 heteroatoms. The fourth-order valence-electron chi connectivity index (χ4n) is 2.90. The van der Waals surface area contributed by atoms with Crippen LogP contribution in [0.3, 0.4) is 0 Å². The van der Waals surface area contributed by atoms with E-state index in [4.69, 9.17) is 10.2 Å². The van der Waals surface area contributed by atoms with Crippen LogP contribution in [0.5, 0.6) is 0 Å². The van der Waals surface area contributed by atoms with Crippen molar-refractivity contribution in [3.05, 3.63) is 23.2 Å². The zero-order valence-corrected chi connectivity index (χ0v) is 11.2. The van der Waals surface area contributed by atoms with E-state index in [-0.39, 0.29) is 0 Å². The van der Waals surface area contributed by atoms with Crippen molar-refractivity contribution in [2.75, 3.05) is 0 Å². The van der Waals surface area contributed by atoms with Crippen LogP contribution in [0.25, 0.3) is 0 Å². The van der Waals surface area contributed by atoms with E-state index in [0.29, 0.717) is 12.6 Å². The second-order valence-corrected chi connectivity index (χ2v) is 5.18. The van der Waals surface area contributed by atoms with Gasteiger partial charge in [0.15, 0.2) is 0 Å². The molecule has 2 unspecified atom stereocenters. The number of nitrogens with zero attached hydrogens (tertiary/aromatic N) is 1. The van der Waals surface area contributed by atoms with Crippen LogP contribution in [0.2, 0.25) is 0 Å². The molecule has 2 heterocycles. The monoisotopic (exact) mass is 236 g/mol. The molecule has 1 aliphatic heterocycles. The molecule has 0 aliphatic carbocycles. The zero-order valence-electron chi connectivity index (χ0n) is 11.2. The number of likely N-dealkylation sites (tertiary alicyclic amines) is 1. The van der Waals surface area contributed by atoms with E-state index in [9.17, 15) is 0 Å². The topological polar surface area (TPSA) is 42.4 Å². The largest absolute Gasteiger partial charge is 0.463 e. The van der Waals surface area contributed by atoms with Gasteiger partial charge in [0.2, 0.25) is 0 Å². The van der Waals surface area contributed by atoms with Gasteiger partial charge in [-0.25, -0.2) is 0 Å². The van der Waals surface area contributed by atoms with E-state index >= 15 is 0 Å². The number of furan rings is 1. The summed E-state index contributed by atoms with van der Waals surface area (Å²) in [6.45, 7) is 8.09. The molecule has 0 radical (unpaired) electrons. The highest BCUT2D eigenvalue weighted by atomic mass is 16.3. The molecule has 2 atom stereocenters. The SMILES string of the molecule is CCC1CCC(C)N1Cc1cc(C)c(CN)o1. The maximum atomic E-state index is 5.80. The number of nitrogens with two attached hydrogens (primary N) is 1. The molecule has 2 N–H and O–H groups in total. The van der Waals surface area contributed by atoms with E-state index in [1.54, 1.807) is 0 Å². The number of aryl methyl sites for hydroxylation is 1. The van der Waals surface area contributed by atoms with Crippen LogP contribution in [0, 0.1) is 6.92 Å². The minimum atomic E-state index is 0.499. The van der Waals surface area contributed by atoms with Crippen LogP contribution in [0.1, 0.15) is 50.2 Å². The second-order valence-electron chi connectivity index (χ2n) is 5.18. The Hall–Kier alpha value is -0.800. The Morgan fingerprint density at radius 1 is 1.47 bits per heavy atom. The highest BCUT2D eigenvalue weighted by molar-refractivity contribution is 5.20. The minimum Gasteiger partial charge on any atom is -0.463 e. The van der Waals surface area contributed by atoms with Crippen LogP contribution in [0.15, 0.2) is 10.5 Å². The highest BCUT2D eigenvalue weighted by Crippen LogP contribution is 2.28. The summed E-state index contributed by atoms with van der Waals surface area (Å²) in [6, 6.07) is 3.53. The van der Waals surface area contributed by atoms with Crippen LogP contribution >= 0.6 is 0 Å². The van der Waals surface area contributed by atoms with Crippen molar-refractivity contribution in [2.24, 2.45) is 5.73 Å². The molecule has 0 amide bonds. The average Bonchev–Trinajstić information content (AvgIpc) is 2.84. The van der Waals surface area contributed by atoms with Crippen LogP contribution in [-0.2, 0) is 13.1 Å². The van der Waals surface area contributed by atoms with Gasteiger partial charge in [-0.1, -0.05) is 6.92 Å². The quantitative estimate of drug-likeness (QED) is 0.874. The summed E-state index contributed by atoms with van der Waals surface area (Å²) in [6.07, 6.45) is 3.86. The van der Waals surface area contributed by atoms with Gasteiger partial charge < -0.3 is 10.2 Å². The lowest BCUT2D eigenvalue weighted by atomic mass is 10.1. The summed E-state index contributed by atoms with van der Waals surface area (Å²) in [5, 5.41) is 0. The van der Waals surface area contributed by atoms with E-state index < -0.39 is 0 Å². The van der Waals surface area contributed by atoms with Crippen LogP contribution in [-0.4, -0.2) is 17.0 Å². The fourth-order valence-corrected chi connectivity index (χ4v) is 2.90. The minimum absolute atomic E-state index is 0.499. The van der Waals surface area contributed by atoms with E-state index in [1.165, 1.54) is 24.8 Å². The summed E-state index contributed by atoms with van der Waals surface area (Å²) in [5.41, 5.74) is 6.83. The maximum absolute atomic E-state index is 5.80.